The molecule has 0 saturated carbocycles. The normalized spacial score (nSPS) is 20.4. The maximum absolute atomic E-state index is 10.7. The van der Waals surface area contributed by atoms with Gasteiger partial charge >= 0.3 is 7.82 Å². The quantitative estimate of drug-likeness (QED) is 0.164. The molecule has 0 bridgehead atoms. The minimum atomic E-state index is -4.43. The number of phosphoric acid groups is 1. The third kappa shape index (κ3) is 15.7. The molecule has 1 saturated heterocycles. The van der Waals surface area contributed by atoms with Crippen molar-refractivity contribution < 1.29 is 28.3 Å². The third-order valence-corrected chi connectivity index (χ3v) is 5.43. The van der Waals surface area contributed by atoms with Crippen LogP contribution in [0.4, 0.5) is 0 Å². The fourth-order valence-corrected chi connectivity index (χ4v) is 3.67. The van der Waals surface area contributed by atoms with Crippen molar-refractivity contribution in [2.24, 2.45) is 0 Å². The van der Waals surface area contributed by atoms with Gasteiger partial charge in [0.1, 0.15) is 6.10 Å². The average molecular weight is 421 g/mol. The Morgan fingerprint density at radius 3 is 2.11 bits per heavy atom. The van der Waals surface area contributed by atoms with E-state index in [1.807, 2.05) is 0 Å². The highest BCUT2D eigenvalue weighted by Crippen LogP contribution is 2.36. The second-order valence-electron chi connectivity index (χ2n) is 7.68. The molecule has 1 heterocycles. The van der Waals surface area contributed by atoms with Gasteiger partial charge in [-0.25, -0.2) is 4.57 Å². The molecule has 2 N–H and O–H groups in total. The van der Waals surface area contributed by atoms with Gasteiger partial charge in [0.05, 0.1) is 13.2 Å². The first-order valence-electron chi connectivity index (χ1n) is 11.1. The Balaban J connectivity index is 1.83. The molecule has 1 aliphatic rings. The summed E-state index contributed by atoms with van der Waals surface area (Å²) in [4.78, 5) is 17.4. The number of hydrogen-bond acceptors (Lipinski definition) is 4. The molecule has 1 aliphatic heterocycles. The lowest BCUT2D eigenvalue weighted by Crippen LogP contribution is -2.18. The van der Waals surface area contributed by atoms with Crippen LogP contribution in [0.2, 0.25) is 0 Å². The van der Waals surface area contributed by atoms with Gasteiger partial charge in [-0.3, -0.25) is 4.52 Å². The predicted octanol–water partition coefficient (Wildman–Crippen LogP) is 5.87. The van der Waals surface area contributed by atoms with Crippen LogP contribution >= 0.6 is 7.82 Å². The van der Waals surface area contributed by atoms with Crippen LogP contribution in [-0.4, -0.2) is 35.4 Å². The summed E-state index contributed by atoms with van der Waals surface area (Å²) < 4.78 is 26.2. The summed E-state index contributed by atoms with van der Waals surface area (Å²) in [5.74, 6) is 0. The number of rotatable bonds is 18. The molecular formula is C21H41O6P. The first kappa shape index (κ1) is 25.8. The van der Waals surface area contributed by atoms with Gasteiger partial charge in [0.25, 0.3) is 0 Å². The summed E-state index contributed by atoms with van der Waals surface area (Å²) >= 11 is 0. The van der Waals surface area contributed by atoms with Gasteiger partial charge in [0.2, 0.25) is 0 Å². The van der Waals surface area contributed by atoms with E-state index in [0.29, 0.717) is 6.61 Å². The monoisotopic (exact) mass is 420 g/mol. The standard InChI is InChI=1S/C21H41O6P/c1-2-3-4-5-6-7-8-9-10-11-12-13-14-15-16-17-21-25-18-20(27-21)19-26-28(22,23)24/h9-10,20-21H,2-8,11-19H2,1H3,(H2,22,23,24)/b10-9-/t20-,21+/m0/s1. The summed E-state index contributed by atoms with van der Waals surface area (Å²) in [5.41, 5.74) is 0. The zero-order chi connectivity index (χ0) is 20.5. The van der Waals surface area contributed by atoms with E-state index in [0.717, 1.165) is 19.3 Å². The molecule has 0 unspecified atom stereocenters. The second-order valence-corrected chi connectivity index (χ2v) is 8.92. The van der Waals surface area contributed by atoms with Crippen molar-refractivity contribution >= 4 is 7.82 Å². The van der Waals surface area contributed by atoms with Crippen LogP contribution in [0.1, 0.15) is 96.8 Å². The SMILES string of the molecule is CCCCCCCC/C=C\CCCCCCC[C@@H]1OC[C@@H](COP(=O)(O)O)O1. The van der Waals surface area contributed by atoms with E-state index in [1.54, 1.807) is 0 Å². The van der Waals surface area contributed by atoms with E-state index < -0.39 is 7.82 Å². The molecule has 0 amide bonds. The highest BCUT2D eigenvalue weighted by Gasteiger charge is 2.28. The number of phosphoric ester groups is 1. The fraction of sp³-hybridized carbons (Fsp3) is 0.905. The highest BCUT2D eigenvalue weighted by atomic mass is 31.2. The van der Waals surface area contributed by atoms with Crippen molar-refractivity contribution in [1.29, 1.82) is 0 Å². The van der Waals surface area contributed by atoms with E-state index >= 15 is 0 Å². The molecule has 7 heteroatoms. The van der Waals surface area contributed by atoms with E-state index in [2.05, 4.69) is 23.6 Å². The fourth-order valence-electron chi connectivity index (χ4n) is 3.31. The number of hydrogen-bond donors (Lipinski definition) is 2. The smallest absolute Gasteiger partial charge is 0.350 e. The molecule has 0 radical (unpaired) electrons. The predicted molar refractivity (Wildman–Crippen MR) is 112 cm³/mol. The number of allylic oxidation sites excluding steroid dienone is 2. The largest absolute Gasteiger partial charge is 0.469 e. The Labute approximate surface area is 171 Å². The van der Waals surface area contributed by atoms with Gasteiger partial charge in [0.15, 0.2) is 6.29 Å². The Kier molecular flexibility index (Phi) is 15.3. The Morgan fingerprint density at radius 1 is 0.929 bits per heavy atom. The molecule has 0 spiro atoms. The molecule has 28 heavy (non-hydrogen) atoms. The van der Waals surface area contributed by atoms with Gasteiger partial charge in [-0.2, -0.15) is 0 Å². The van der Waals surface area contributed by atoms with Crippen molar-refractivity contribution in [2.75, 3.05) is 13.2 Å². The highest BCUT2D eigenvalue weighted by molar-refractivity contribution is 7.46. The van der Waals surface area contributed by atoms with E-state index in [-0.39, 0.29) is 19.0 Å². The lowest BCUT2D eigenvalue weighted by atomic mass is 10.1. The minimum Gasteiger partial charge on any atom is -0.350 e. The summed E-state index contributed by atoms with van der Waals surface area (Å²) in [6, 6.07) is 0. The summed E-state index contributed by atoms with van der Waals surface area (Å²) in [6.45, 7) is 2.45. The third-order valence-electron chi connectivity index (χ3n) is 4.94. The van der Waals surface area contributed by atoms with Crippen LogP contribution in [0.5, 0.6) is 0 Å². The molecule has 2 atom stereocenters. The molecular weight excluding hydrogens is 379 g/mol. The second kappa shape index (κ2) is 16.6. The Morgan fingerprint density at radius 2 is 1.50 bits per heavy atom. The van der Waals surface area contributed by atoms with Crippen LogP contribution in [0.3, 0.4) is 0 Å². The van der Waals surface area contributed by atoms with Gasteiger partial charge in [-0.15, -0.1) is 0 Å². The molecule has 1 fully saturated rings. The lowest BCUT2D eigenvalue weighted by Gasteiger charge is -2.12. The molecule has 166 valence electrons. The van der Waals surface area contributed by atoms with Crippen molar-refractivity contribution in [3.05, 3.63) is 12.2 Å². The van der Waals surface area contributed by atoms with Crippen LogP contribution < -0.4 is 0 Å². The van der Waals surface area contributed by atoms with Crippen molar-refractivity contribution in [2.45, 2.75) is 109 Å². The summed E-state index contributed by atoms with van der Waals surface area (Å²) in [7, 11) is -4.43. The molecule has 6 nitrogen and oxygen atoms in total. The zero-order valence-electron chi connectivity index (χ0n) is 17.6. The topological polar surface area (TPSA) is 85.2 Å². The maximum Gasteiger partial charge on any atom is 0.469 e. The Bertz CT molecular complexity index is 437. The van der Waals surface area contributed by atoms with Gasteiger partial charge in [-0.1, -0.05) is 70.4 Å². The van der Waals surface area contributed by atoms with E-state index in [1.165, 1.54) is 70.6 Å². The lowest BCUT2D eigenvalue weighted by molar-refractivity contribution is -0.0698. The number of ether oxygens (including phenoxy) is 2. The van der Waals surface area contributed by atoms with Crippen LogP contribution in [-0.2, 0) is 18.6 Å². The zero-order valence-corrected chi connectivity index (χ0v) is 18.5. The first-order valence-corrected chi connectivity index (χ1v) is 12.7. The average Bonchev–Trinajstić information content (AvgIpc) is 3.10. The van der Waals surface area contributed by atoms with Crippen molar-refractivity contribution in [3.8, 4) is 0 Å². The van der Waals surface area contributed by atoms with Crippen molar-refractivity contribution in [1.82, 2.24) is 0 Å². The molecule has 0 aromatic heterocycles. The van der Waals surface area contributed by atoms with Crippen molar-refractivity contribution in [3.63, 3.8) is 0 Å². The van der Waals surface area contributed by atoms with Gasteiger partial charge in [0, 0.05) is 0 Å². The van der Waals surface area contributed by atoms with Crippen LogP contribution in [0.25, 0.3) is 0 Å². The maximum atomic E-state index is 10.7. The molecule has 0 aliphatic carbocycles. The first-order chi connectivity index (χ1) is 13.5. The molecule has 1 rings (SSSR count). The van der Waals surface area contributed by atoms with Crippen LogP contribution in [0.15, 0.2) is 12.2 Å². The molecule has 0 aromatic carbocycles. The van der Waals surface area contributed by atoms with Gasteiger partial charge in [-0.05, 0) is 38.5 Å². The summed E-state index contributed by atoms with van der Waals surface area (Å²) in [5, 5.41) is 0. The van der Waals surface area contributed by atoms with Crippen LogP contribution in [0, 0.1) is 0 Å². The minimum absolute atomic E-state index is 0.132. The molecule has 0 aromatic rings. The summed E-state index contributed by atoms with van der Waals surface area (Å²) in [6.07, 6.45) is 21.4. The Hall–Kier alpha value is -0.230. The number of unbranched alkanes of at least 4 members (excludes halogenated alkanes) is 11. The van der Waals surface area contributed by atoms with E-state index in [9.17, 15) is 4.57 Å². The van der Waals surface area contributed by atoms with E-state index in [4.69, 9.17) is 19.3 Å². The van der Waals surface area contributed by atoms with Gasteiger partial charge < -0.3 is 19.3 Å².